The van der Waals surface area contributed by atoms with Crippen LogP contribution in [-0.4, -0.2) is 19.4 Å². The van der Waals surface area contributed by atoms with Crippen molar-refractivity contribution >= 4 is 40.2 Å². The van der Waals surface area contributed by atoms with Crippen LogP contribution in [0.2, 0.25) is 0 Å². The van der Waals surface area contributed by atoms with Gasteiger partial charge in [0.1, 0.15) is 17.9 Å². The first-order chi connectivity index (χ1) is 15.0. The summed E-state index contributed by atoms with van der Waals surface area (Å²) in [5.74, 6) is 0.729. The Hall–Kier alpha value is -3.55. The van der Waals surface area contributed by atoms with E-state index in [2.05, 4.69) is 4.99 Å². The third kappa shape index (κ3) is 3.58. The number of benzene rings is 2. The zero-order chi connectivity index (χ0) is 21.5. The van der Waals surface area contributed by atoms with Gasteiger partial charge in [0.05, 0.1) is 12.8 Å². The molecule has 5 rings (SSSR count). The third-order valence-corrected chi connectivity index (χ3v) is 6.48. The van der Waals surface area contributed by atoms with Crippen LogP contribution in [0.15, 0.2) is 68.8 Å². The maximum Gasteiger partial charge on any atom is 0.362 e. The Kier molecular flexibility index (Phi) is 4.77. The van der Waals surface area contributed by atoms with E-state index in [1.165, 1.54) is 17.4 Å². The van der Waals surface area contributed by atoms with Crippen molar-refractivity contribution in [2.45, 2.75) is 13.5 Å². The first kappa shape index (κ1) is 19.4. The molecule has 2 aromatic heterocycles. The molecular weight excluding hydrogens is 412 g/mol. The monoisotopic (exact) mass is 431 g/mol. The van der Waals surface area contributed by atoms with Gasteiger partial charge in [-0.1, -0.05) is 12.1 Å². The first-order valence-electron chi connectivity index (χ1n) is 9.78. The predicted molar refractivity (Wildman–Crippen MR) is 121 cm³/mol. The van der Waals surface area contributed by atoms with Crippen molar-refractivity contribution in [3.8, 4) is 16.2 Å². The second-order valence-electron chi connectivity index (χ2n) is 7.43. The van der Waals surface area contributed by atoms with Gasteiger partial charge < -0.3 is 9.15 Å². The van der Waals surface area contributed by atoms with Gasteiger partial charge in [-0.05, 0) is 54.4 Å². The molecule has 1 amide bonds. The molecule has 0 saturated carbocycles. The predicted octanol–water partition coefficient (Wildman–Crippen LogP) is 3.74. The van der Waals surface area contributed by atoms with Crippen molar-refractivity contribution in [3.05, 3.63) is 81.0 Å². The number of rotatable bonds is 4. The topological polar surface area (TPSA) is 73.3 Å². The summed E-state index contributed by atoms with van der Waals surface area (Å²) in [7, 11) is 1.63. The molecule has 7 heteroatoms. The van der Waals surface area contributed by atoms with E-state index in [0.717, 1.165) is 32.7 Å². The van der Waals surface area contributed by atoms with Crippen LogP contribution in [0.25, 0.3) is 21.4 Å². The van der Waals surface area contributed by atoms with Crippen molar-refractivity contribution in [3.63, 3.8) is 0 Å². The molecule has 0 spiro atoms. The molecule has 1 unspecified atom stereocenters. The van der Waals surface area contributed by atoms with E-state index in [-0.39, 0.29) is 5.91 Å². The molecule has 31 heavy (non-hydrogen) atoms. The summed E-state index contributed by atoms with van der Waals surface area (Å²) < 4.78 is 10.5. The fourth-order valence-electron chi connectivity index (χ4n) is 3.70. The number of carbonyl (C=O) groups is 1. The summed E-state index contributed by atoms with van der Waals surface area (Å²) in [5.41, 5.74) is 3.56. The molecule has 3 heterocycles. The van der Waals surface area contributed by atoms with E-state index in [9.17, 15) is 9.59 Å². The molecule has 0 saturated heterocycles. The number of fused-ring (bicyclic) bond motifs is 2. The van der Waals surface area contributed by atoms with Crippen molar-refractivity contribution in [2.75, 3.05) is 7.11 Å². The summed E-state index contributed by atoms with van der Waals surface area (Å²) in [6.07, 6.45) is 1.61. The zero-order valence-corrected chi connectivity index (χ0v) is 17.8. The Morgan fingerprint density at radius 3 is 2.65 bits per heavy atom. The van der Waals surface area contributed by atoms with Crippen LogP contribution in [0, 0.1) is 6.92 Å². The van der Waals surface area contributed by atoms with Crippen LogP contribution >= 0.6 is 11.3 Å². The molecule has 2 aromatic carbocycles. The van der Waals surface area contributed by atoms with Gasteiger partial charge in [-0.25, -0.2) is 19.5 Å². The molecule has 1 aliphatic rings. The van der Waals surface area contributed by atoms with Crippen LogP contribution in [0.1, 0.15) is 20.8 Å². The first-order valence-corrected chi connectivity index (χ1v) is 10.6. The highest BCUT2D eigenvalue weighted by molar-refractivity contribution is 7.18. The second-order valence-corrected chi connectivity index (χ2v) is 8.49. The number of carbonyl (C=O) groups excluding carboxylic acids is 1. The molecule has 0 radical (unpaired) electrons. The fourth-order valence-corrected chi connectivity index (χ4v) is 4.79. The normalized spacial score (nSPS) is 15.3. The minimum atomic E-state index is -0.424. The van der Waals surface area contributed by atoms with Crippen molar-refractivity contribution in [1.29, 1.82) is 0 Å². The van der Waals surface area contributed by atoms with E-state index in [1.54, 1.807) is 13.4 Å². The minimum absolute atomic E-state index is 0.0525. The summed E-state index contributed by atoms with van der Waals surface area (Å²) in [6, 6.07) is 16.8. The summed E-state index contributed by atoms with van der Waals surface area (Å²) in [5, 5.41) is 0.829. The maximum atomic E-state index is 13.2. The molecule has 1 N–H and O–H groups in total. The van der Waals surface area contributed by atoms with Crippen molar-refractivity contribution < 1.29 is 18.8 Å². The maximum absolute atomic E-state index is 13.2. The van der Waals surface area contributed by atoms with Crippen LogP contribution < -0.4 is 15.3 Å². The number of ether oxygens (including phenoxy) is 1. The van der Waals surface area contributed by atoms with Gasteiger partial charge >= 0.3 is 11.5 Å². The highest BCUT2D eigenvalue weighted by Crippen LogP contribution is 2.37. The minimum Gasteiger partial charge on any atom is -0.497 e. The molecule has 0 bridgehead atoms. The lowest BCUT2D eigenvalue weighted by molar-refractivity contribution is -0.721. The smallest absolute Gasteiger partial charge is 0.362 e. The molecule has 1 atom stereocenters. The SMILES string of the molecule is COc1ccc(-c2cc3c(s2)C(=O)[NH+](Cc2cc(=O)oc4cc(C)ccc24)C=N3)cc1. The largest absolute Gasteiger partial charge is 0.497 e. The number of methoxy groups -OCH3 is 1. The number of nitrogens with zero attached hydrogens (tertiary/aromatic N) is 1. The number of amides is 1. The lowest BCUT2D eigenvalue weighted by atomic mass is 10.1. The molecule has 0 aliphatic carbocycles. The third-order valence-electron chi connectivity index (χ3n) is 5.31. The lowest BCUT2D eigenvalue weighted by Gasteiger charge is -2.15. The highest BCUT2D eigenvalue weighted by atomic mass is 32.1. The van der Waals surface area contributed by atoms with E-state index < -0.39 is 5.63 Å². The van der Waals surface area contributed by atoms with Crippen molar-refractivity contribution in [2.24, 2.45) is 4.99 Å². The molecule has 4 aromatic rings. The van der Waals surface area contributed by atoms with Crippen molar-refractivity contribution in [1.82, 2.24) is 0 Å². The Morgan fingerprint density at radius 1 is 1.06 bits per heavy atom. The molecule has 1 aliphatic heterocycles. The number of nitrogens with one attached hydrogen (secondary N) is 1. The summed E-state index contributed by atoms with van der Waals surface area (Å²) in [6.45, 7) is 2.26. The van der Waals surface area contributed by atoms with Crippen LogP contribution in [0.4, 0.5) is 5.69 Å². The number of hydrogen-bond acceptors (Lipinski definition) is 6. The van der Waals surface area contributed by atoms with Gasteiger partial charge in [0.2, 0.25) is 0 Å². The summed E-state index contributed by atoms with van der Waals surface area (Å²) >= 11 is 1.43. The van der Waals surface area contributed by atoms with E-state index >= 15 is 0 Å². The Bertz CT molecular complexity index is 1400. The standard InChI is InChI=1S/C24H18N2O4S/c1-14-3-8-18-16(10-22(27)30-20(18)9-14)12-26-13-25-19-11-21(31-23(19)24(26)28)15-4-6-17(29-2)7-5-15/h3-11,13H,12H2,1-2H3/p+1. The number of quaternary nitrogens is 1. The van der Waals surface area contributed by atoms with Gasteiger partial charge in [0.15, 0.2) is 11.2 Å². The van der Waals surface area contributed by atoms with E-state index in [1.807, 2.05) is 55.5 Å². The van der Waals surface area contributed by atoms with Gasteiger partial charge in [-0.3, -0.25) is 0 Å². The molecule has 6 nitrogen and oxygen atoms in total. The number of hydrogen-bond donors (Lipinski definition) is 1. The van der Waals surface area contributed by atoms with Gasteiger partial charge in [0, 0.05) is 21.9 Å². The molecular formula is C24H19N2O4S+. The van der Waals surface area contributed by atoms with Crippen LogP contribution in [-0.2, 0) is 6.54 Å². The number of aryl methyl sites for hydroxylation is 1. The average Bonchev–Trinajstić information content (AvgIpc) is 3.20. The highest BCUT2D eigenvalue weighted by Gasteiger charge is 2.31. The number of aliphatic imine (C=N–C) groups is 1. The van der Waals surface area contributed by atoms with E-state index in [4.69, 9.17) is 9.15 Å². The summed E-state index contributed by atoms with van der Waals surface area (Å²) in [4.78, 5) is 31.9. The van der Waals surface area contributed by atoms with Gasteiger partial charge in [-0.2, -0.15) is 0 Å². The average molecular weight is 431 g/mol. The second kappa shape index (κ2) is 7.61. The zero-order valence-electron chi connectivity index (χ0n) is 17.0. The van der Waals surface area contributed by atoms with Crippen LogP contribution in [0.3, 0.4) is 0 Å². The van der Waals surface area contributed by atoms with Gasteiger partial charge in [0.25, 0.3) is 0 Å². The molecule has 0 fully saturated rings. The molecule has 154 valence electrons. The van der Waals surface area contributed by atoms with E-state index in [0.29, 0.717) is 27.6 Å². The Balaban J connectivity index is 1.46. The quantitative estimate of drug-likeness (QED) is 0.500. The van der Waals surface area contributed by atoms with Gasteiger partial charge in [-0.15, -0.1) is 11.3 Å². The Labute approximate surface area is 182 Å². The fraction of sp³-hybridized carbons (Fsp3) is 0.125. The van der Waals surface area contributed by atoms with Crippen LogP contribution in [0.5, 0.6) is 5.75 Å². The lowest BCUT2D eigenvalue weighted by Crippen LogP contribution is -3.12. The Morgan fingerprint density at radius 2 is 1.87 bits per heavy atom. The number of thiophene rings is 1.